The number of nitrogens with two attached hydrogens (primary N) is 1. The molecule has 98 valence electrons. The highest BCUT2D eigenvalue weighted by Gasteiger charge is 2.39. The van der Waals surface area contributed by atoms with Gasteiger partial charge in [-0.05, 0) is 59.0 Å². The molecule has 1 aliphatic rings. The Hall–Kier alpha value is -0.590. The predicted molar refractivity (Wildman–Crippen MR) is 71.5 cm³/mol. The third-order valence-corrected chi connectivity index (χ3v) is 4.79. The molecule has 3 nitrogen and oxygen atoms in total. The van der Waals surface area contributed by atoms with Crippen molar-refractivity contribution in [2.75, 3.05) is 13.6 Å². The fourth-order valence-corrected chi connectivity index (χ4v) is 2.57. The molecule has 0 heterocycles. The summed E-state index contributed by atoms with van der Waals surface area (Å²) in [4.78, 5) is 2.39. The Kier molecular flexibility index (Phi) is 4.57. The molecule has 0 saturated heterocycles. The summed E-state index contributed by atoms with van der Waals surface area (Å²) in [6.45, 7) is 7.78. The van der Waals surface area contributed by atoms with Crippen LogP contribution in [0.5, 0.6) is 0 Å². The minimum atomic E-state index is -0.558. The number of hydrogen-bond donors (Lipinski definition) is 1. The molecule has 1 aliphatic carbocycles. The van der Waals surface area contributed by atoms with Crippen molar-refractivity contribution in [2.24, 2.45) is 11.7 Å². The average molecular weight is 237 g/mol. The summed E-state index contributed by atoms with van der Waals surface area (Å²) in [5.41, 5.74) is 5.83. The molecule has 0 bridgehead atoms. The Balaban J connectivity index is 2.49. The van der Waals surface area contributed by atoms with Gasteiger partial charge in [-0.2, -0.15) is 5.26 Å². The van der Waals surface area contributed by atoms with Gasteiger partial charge in [0.2, 0.25) is 0 Å². The van der Waals surface area contributed by atoms with Crippen LogP contribution >= 0.6 is 0 Å². The van der Waals surface area contributed by atoms with E-state index >= 15 is 0 Å². The molecule has 0 aromatic carbocycles. The van der Waals surface area contributed by atoms with E-state index in [0.29, 0.717) is 5.92 Å². The second kappa shape index (κ2) is 5.37. The number of rotatable bonds is 5. The fraction of sp³-hybridized carbons (Fsp3) is 0.929. The molecule has 0 aromatic rings. The van der Waals surface area contributed by atoms with E-state index < -0.39 is 5.54 Å². The quantitative estimate of drug-likeness (QED) is 0.799. The van der Waals surface area contributed by atoms with Crippen LogP contribution < -0.4 is 5.73 Å². The Morgan fingerprint density at radius 2 is 2.18 bits per heavy atom. The minimum Gasteiger partial charge on any atom is -0.313 e. The highest BCUT2D eigenvalue weighted by atomic mass is 15.2. The van der Waals surface area contributed by atoms with Crippen LogP contribution in [0.1, 0.15) is 52.9 Å². The van der Waals surface area contributed by atoms with Crippen molar-refractivity contribution in [1.29, 1.82) is 5.26 Å². The highest BCUT2D eigenvalue weighted by molar-refractivity contribution is 5.12. The van der Waals surface area contributed by atoms with Crippen LogP contribution in [0.4, 0.5) is 0 Å². The first-order valence-electron chi connectivity index (χ1n) is 6.77. The van der Waals surface area contributed by atoms with Crippen molar-refractivity contribution in [3.63, 3.8) is 0 Å². The summed E-state index contributed by atoms with van der Waals surface area (Å²) in [6.07, 6.45) is 5.28. The molecule has 1 saturated carbocycles. The summed E-state index contributed by atoms with van der Waals surface area (Å²) in [6, 6.07) is 2.33. The van der Waals surface area contributed by atoms with Crippen LogP contribution in [0.3, 0.4) is 0 Å². The van der Waals surface area contributed by atoms with Crippen LogP contribution in [0, 0.1) is 17.2 Å². The van der Waals surface area contributed by atoms with Crippen molar-refractivity contribution in [3.05, 3.63) is 0 Å². The average Bonchev–Trinajstić information content (AvgIpc) is 2.68. The van der Waals surface area contributed by atoms with Gasteiger partial charge in [-0.15, -0.1) is 0 Å². The maximum atomic E-state index is 9.18. The number of nitriles is 1. The van der Waals surface area contributed by atoms with E-state index in [1.54, 1.807) is 0 Å². The lowest BCUT2D eigenvalue weighted by Crippen LogP contribution is -2.45. The summed E-state index contributed by atoms with van der Waals surface area (Å²) >= 11 is 0. The monoisotopic (exact) mass is 237 g/mol. The van der Waals surface area contributed by atoms with Crippen molar-refractivity contribution in [3.8, 4) is 6.07 Å². The molecule has 0 radical (unpaired) electrons. The molecule has 0 amide bonds. The van der Waals surface area contributed by atoms with Crippen molar-refractivity contribution < 1.29 is 0 Å². The summed E-state index contributed by atoms with van der Waals surface area (Å²) in [5, 5.41) is 9.18. The SMILES string of the molecule is CCC(C)(C)N(C)CCC1CCCC1(N)C#N. The van der Waals surface area contributed by atoms with Crippen LogP contribution in [0.2, 0.25) is 0 Å². The molecule has 0 spiro atoms. The van der Waals surface area contributed by atoms with Gasteiger partial charge in [0.15, 0.2) is 0 Å². The summed E-state index contributed by atoms with van der Waals surface area (Å²) < 4.78 is 0. The Morgan fingerprint density at radius 1 is 1.53 bits per heavy atom. The van der Waals surface area contributed by atoms with Gasteiger partial charge in [-0.3, -0.25) is 0 Å². The Morgan fingerprint density at radius 3 is 2.71 bits per heavy atom. The van der Waals surface area contributed by atoms with Crippen LogP contribution in [-0.2, 0) is 0 Å². The molecular formula is C14H27N3. The summed E-state index contributed by atoms with van der Waals surface area (Å²) in [7, 11) is 2.17. The van der Waals surface area contributed by atoms with Crippen molar-refractivity contribution in [1.82, 2.24) is 4.90 Å². The van der Waals surface area contributed by atoms with E-state index in [4.69, 9.17) is 5.73 Å². The van der Waals surface area contributed by atoms with E-state index in [9.17, 15) is 5.26 Å². The van der Waals surface area contributed by atoms with E-state index in [2.05, 4.69) is 38.8 Å². The second-order valence-electron chi connectivity index (χ2n) is 6.12. The second-order valence-corrected chi connectivity index (χ2v) is 6.12. The first-order valence-corrected chi connectivity index (χ1v) is 6.77. The molecule has 3 heteroatoms. The minimum absolute atomic E-state index is 0.239. The van der Waals surface area contributed by atoms with Gasteiger partial charge in [-0.25, -0.2) is 0 Å². The molecular weight excluding hydrogens is 210 g/mol. The standard InChI is InChI=1S/C14H27N3/c1-5-13(2,3)17(4)10-8-12-7-6-9-14(12,16)11-15/h12H,5-10,16H2,1-4H3. The van der Waals surface area contributed by atoms with Gasteiger partial charge in [0.1, 0.15) is 5.54 Å². The van der Waals surface area contributed by atoms with Crippen molar-refractivity contribution in [2.45, 2.75) is 64.0 Å². The zero-order valence-corrected chi connectivity index (χ0v) is 11.8. The lowest BCUT2D eigenvalue weighted by molar-refractivity contribution is 0.137. The molecule has 0 aliphatic heterocycles. The van der Waals surface area contributed by atoms with Gasteiger partial charge in [-0.1, -0.05) is 13.3 Å². The smallest absolute Gasteiger partial charge is 0.107 e. The topological polar surface area (TPSA) is 53.0 Å². The van der Waals surface area contributed by atoms with Crippen LogP contribution in [0.25, 0.3) is 0 Å². The maximum absolute atomic E-state index is 9.18. The number of nitrogens with zero attached hydrogens (tertiary/aromatic N) is 2. The molecule has 1 fully saturated rings. The normalized spacial score (nSPS) is 29.6. The Labute approximate surface area is 106 Å². The van der Waals surface area contributed by atoms with E-state index in [1.165, 1.54) is 0 Å². The van der Waals surface area contributed by atoms with E-state index in [0.717, 1.165) is 38.6 Å². The summed E-state index contributed by atoms with van der Waals surface area (Å²) in [5.74, 6) is 0.377. The van der Waals surface area contributed by atoms with Crippen molar-refractivity contribution >= 4 is 0 Å². The van der Waals surface area contributed by atoms with Gasteiger partial charge < -0.3 is 10.6 Å². The van der Waals surface area contributed by atoms with Gasteiger partial charge in [0.05, 0.1) is 6.07 Å². The molecule has 0 aromatic heterocycles. The third kappa shape index (κ3) is 3.20. The lowest BCUT2D eigenvalue weighted by atomic mass is 9.86. The fourth-order valence-electron chi connectivity index (χ4n) is 2.57. The highest BCUT2D eigenvalue weighted by Crippen LogP contribution is 2.36. The first-order chi connectivity index (χ1) is 7.85. The number of hydrogen-bond acceptors (Lipinski definition) is 3. The third-order valence-electron chi connectivity index (χ3n) is 4.79. The molecule has 1 rings (SSSR count). The Bertz CT molecular complexity index is 292. The maximum Gasteiger partial charge on any atom is 0.107 e. The first kappa shape index (κ1) is 14.5. The molecule has 2 N–H and O–H groups in total. The zero-order chi connectivity index (χ0) is 13.1. The molecule has 2 unspecified atom stereocenters. The largest absolute Gasteiger partial charge is 0.313 e. The van der Waals surface area contributed by atoms with Crippen LogP contribution in [0.15, 0.2) is 0 Å². The van der Waals surface area contributed by atoms with Gasteiger partial charge in [0, 0.05) is 5.54 Å². The van der Waals surface area contributed by atoms with E-state index in [-0.39, 0.29) is 5.54 Å². The predicted octanol–water partition coefficient (Wildman–Crippen LogP) is 2.52. The van der Waals surface area contributed by atoms with E-state index in [1.807, 2.05) is 0 Å². The molecule has 17 heavy (non-hydrogen) atoms. The van der Waals surface area contributed by atoms with Crippen LogP contribution in [-0.4, -0.2) is 29.6 Å². The lowest BCUT2D eigenvalue weighted by Gasteiger charge is -2.36. The zero-order valence-electron chi connectivity index (χ0n) is 11.8. The van der Waals surface area contributed by atoms with Gasteiger partial charge >= 0.3 is 0 Å². The molecule has 2 atom stereocenters. The van der Waals surface area contributed by atoms with Gasteiger partial charge in [0.25, 0.3) is 0 Å².